The van der Waals surface area contributed by atoms with Gasteiger partial charge in [-0.2, -0.15) is 5.21 Å². The molecule has 3 atom stereocenters. The molecule has 47 heavy (non-hydrogen) atoms. The van der Waals surface area contributed by atoms with Crippen molar-refractivity contribution in [3.05, 3.63) is 130 Å². The molecular formula is C33H29N7O7. The molecule has 0 bridgehead atoms. The maximum atomic E-state index is 13.5. The van der Waals surface area contributed by atoms with E-state index in [0.29, 0.717) is 17.1 Å². The first-order valence-electron chi connectivity index (χ1n) is 14.6. The maximum absolute atomic E-state index is 13.5. The molecule has 3 aromatic carbocycles. The van der Waals surface area contributed by atoms with Crippen molar-refractivity contribution in [2.75, 3.05) is 18.7 Å². The fourth-order valence-corrected chi connectivity index (χ4v) is 5.20. The van der Waals surface area contributed by atoms with Crippen molar-refractivity contribution >= 4 is 23.4 Å². The molecule has 0 aliphatic carbocycles. The highest BCUT2D eigenvalue weighted by Gasteiger charge is 2.34. The molecule has 14 nitrogen and oxygen atoms in total. The summed E-state index contributed by atoms with van der Waals surface area (Å²) in [5.41, 5.74) is 1.83. The summed E-state index contributed by atoms with van der Waals surface area (Å²) in [6.07, 6.45) is -1.69. The Balaban J connectivity index is 1.21. The van der Waals surface area contributed by atoms with E-state index in [4.69, 9.17) is 9.15 Å². The van der Waals surface area contributed by atoms with Crippen molar-refractivity contribution in [2.45, 2.75) is 24.6 Å². The van der Waals surface area contributed by atoms with Crippen molar-refractivity contribution < 1.29 is 28.6 Å². The number of benzene rings is 3. The van der Waals surface area contributed by atoms with Crippen LogP contribution in [-0.2, 0) is 16.0 Å². The monoisotopic (exact) mass is 635 g/mol. The highest BCUT2D eigenvalue weighted by atomic mass is 16.5. The summed E-state index contributed by atoms with van der Waals surface area (Å²) in [7, 11) is 0. The van der Waals surface area contributed by atoms with E-state index < -0.39 is 47.1 Å². The Morgan fingerprint density at radius 3 is 2.45 bits per heavy atom. The molecule has 0 saturated carbocycles. The highest BCUT2D eigenvalue weighted by Crippen LogP contribution is 2.28. The first-order valence-corrected chi connectivity index (χ1v) is 14.6. The zero-order valence-electron chi connectivity index (χ0n) is 24.8. The Bertz CT molecular complexity index is 1920. The highest BCUT2D eigenvalue weighted by molar-refractivity contribution is 5.97. The van der Waals surface area contributed by atoms with Crippen molar-refractivity contribution in [3.63, 3.8) is 0 Å². The lowest BCUT2D eigenvalue weighted by atomic mass is 10.00. The fraction of sp³-hybridized carbons (Fsp3) is 0.182. The molecule has 1 fully saturated rings. The van der Waals surface area contributed by atoms with Crippen LogP contribution in [0.15, 0.2) is 106 Å². The van der Waals surface area contributed by atoms with Crippen LogP contribution in [0.4, 0.5) is 5.69 Å². The van der Waals surface area contributed by atoms with E-state index in [2.05, 4.69) is 31.3 Å². The lowest BCUT2D eigenvalue weighted by Gasteiger charge is -2.24. The molecule has 3 heterocycles. The molecule has 1 aliphatic heterocycles. The van der Waals surface area contributed by atoms with E-state index in [-0.39, 0.29) is 25.5 Å². The summed E-state index contributed by atoms with van der Waals surface area (Å²) < 4.78 is 11.2. The molecule has 1 saturated heterocycles. The third-order valence-electron chi connectivity index (χ3n) is 7.53. The van der Waals surface area contributed by atoms with E-state index >= 15 is 0 Å². The lowest BCUT2D eigenvalue weighted by molar-refractivity contribution is -0.125. The van der Waals surface area contributed by atoms with Crippen LogP contribution in [0.25, 0.3) is 11.4 Å². The number of aromatic amines is 1. The van der Waals surface area contributed by atoms with Crippen molar-refractivity contribution in [3.8, 4) is 11.4 Å². The predicted octanol–water partition coefficient (Wildman–Crippen LogP) is 2.33. The molecular weight excluding hydrogens is 606 g/mol. The minimum Gasteiger partial charge on any atom is -0.445 e. The van der Waals surface area contributed by atoms with Crippen LogP contribution < -0.4 is 16.1 Å². The van der Waals surface area contributed by atoms with Gasteiger partial charge in [0.2, 0.25) is 5.82 Å². The Morgan fingerprint density at radius 1 is 0.957 bits per heavy atom. The SMILES string of the molecule is O=C(NC(Cc1ccccc1)[C@H](O)C(=O)Nc1cccc(-c2nn[nH]n2)c1)c1cc(=O)cc(C(=O)N2COCC2c2ccccc2)o1. The number of anilines is 1. The second-order valence-corrected chi connectivity index (χ2v) is 10.7. The van der Waals surface area contributed by atoms with Gasteiger partial charge in [-0.15, -0.1) is 10.2 Å². The number of aliphatic hydroxyl groups is 1. The third-order valence-corrected chi connectivity index (χ3v) is 7.53. The third kappa shape index (κ3) is 7.30. The number of hydrogen-bond acceptors (Lipinski definition) is 10. The maximum Gasteiger partial charge on any atom is 0.292 e. The Kier molecular flexibility index (Phi) is 9.22. The average molecular weight is 636 g/mol. The lowest BCUT2D eigenvalue weighted by Crippen LogP contribution is -2.50. The molecule has 2 unspecified atom stereocenters. The van der Waals surface area contributed by atoms with Crippen LogP contribution in [0.2, 0.25) is 0 Å². The number of carbonyl (C=O) groups excluding carboxylic acids is 3. The van der Waals surface area contributed by atoms with Crippen LogP contribution >= 0.6 is 0 Å². The molecule has 6 rings (SSSR count). The fourth-order valence-electron chi connectivity index (χ4n) is 5.20. The van der Waals surface area contributed by atoms with E-state index in [1.54, 1.807) is 48.5 Å². The van der Waals surface area contributed by atoms with Crippen LogP contribution in [-0.4, -0.2) is 73.8 Å². The van der Waals surface area contributed by atoms with E-state index in [0.717, 1.165) is 23.3 Å². The van der Waals surface area contributed by atoms with Crippen LogP contribution in [0.1, 0.15) is 38.3 Å². The molecule has 1 aliphatic rings. The molecule has 14 heteroatoms. The first kappa shape index (κ1) is 31.0. The van der Waals surface area contributed by atoms with Gasteiger partial charge in [0, 0.05) is 23.4 Å². The Morgan fingerprint density at radius 2 is 1.70 bits per heavy atom. The number of nitrogens with one attached hydrogen (secondary N) is 3. The molecule has 238 valence electrons. The number of hydrogen-bond donors (Lipinski definition) is 4. The van der Waals surface area contributed by atoms with E-state index in [1.807, 2.05) is 36.4 Å². The normalized spacial score (nSPS) is 15.5. The zero-order valence-corrected chi connectivity index (χ0v) is 24.8. The Hall–Kier alpha value is -5.99. The number of tetrazole rings is 1. The molecule has 3 amide bonds. The van der Waals surface area contributed by atoms with Crippen LogP contribution in [0.3, 0.4) is 0 Å². The summed E-state index contributed by atoms with van der Waals surface area (Å²) in [4.78, 5) is 54.3. The van der Waals surface area contributed by atoms with Crippen LogP contribution in [0, 0.1) is 0 Å². The second kappa shape index (κ2) is 14.0. The first-order chi connectivity index (χ1) is 22.9. The van der Waals surface area contributed by atoms with Gasteiger partial charge in [0.1, 0.15) is 6.73 Å². The van der Waals surface area contributed by atoms with Gasteiger partial charge < -0.3 is 29.8 Å². The smallest absolute Gasteiger partial charge is 0.292 e. The number of aromatic nitrogens is 4. The summed E-state index contributed by atoms with van der Waals surface area (Å²) in [5.74, 6) is -2.84. The summed E-state index contributed by atoms with van der Waals surface area (Å²) in [6, 6.07) is 25.2. The summed E-state index contributed by atoms with van der Waals surface area (Å²) >= 11 is 0. The number of nitrogens with zero attached hydrogens (tertiary/aromatic N) is 4. The standard InChI is InChI=1S/C33H29N7O7/c41-24-16-27(47-28(17-24)33(45)40-19-46-18-26(40)21-10-5-2-6-11-21)31(43)35-25(14-20-8-3-1-4-9-20)29(42)32(44)34-23-13-7-12-22(15-23)30-36-38-39-37-30/h1-13,15-17,25-26,29,42H,14,18-19H2,(H,34,44)(H,35,43)(H,36,37,38,39)/t25?,26?,29-/m0/s1. The molecule has 4 N–H and O–H groups in total. The number of carbonyl (C=O) groups is 3. The number of amides is 3. The van der Waals surface area contributed by atoms with Gasteiger partial charge in [-0.05, 0) is 34.9 Å². The number of ether oxygens (including phenoxy) is 1. The van der Waals surface area contributed by atoms with Crippen molar-refractivity contribution in [1.29, 1.82) is 0 Å². The van der Waals surface area contributed by atoms with Gasteiger partial charge in [-0.3, -0.25) is 19.2 Å². The van der Waals surface area contributed by atoms with Crippen molar-refractivity contribution in [2.24, 2.45) is 0 Å². The van der Waals surface area contributed by atoms with Gasteiger partial charge in [-0.1, -0.05) is 72.8 Å². The quantitative estimate of drug-likeness (QED) is 0.177. The molecule has 5 aromatic rings. The topological polar surface area (TPSA) is 193 Å². The molecule has 0 spiro atoms. The Labute approximate surface area is 267 Å². The van der Waals surface area contributed by atoms with Gasteiger partial charge in [0.05, 0.1) is 18.7 Å². The molecule has 0 radical (unpaired) electrons. The van der Waals surface area contributed by atoms with Gasteiger partial charge in [0.25, 0.3) is 17.7 Å². The predicted molar refractivity (Wildman–Crippen MR) is 167 cm³/mol. The minimum atomic E-state index is -1.74. The van der Waals surface area contributed by atoms with E-state index in [9.17, 15) is 24.3 Å². The average Bonchev–Trinajstić information content (AvgIpc) is 3.82. The largest absolute Gasteiger partial charge is 0.445 e. The van der Waals surface area contributed by atoms with Gasteiger partial charge >= 0.3 is 0 Å². The number of aliphatic hydroxyl groups excluding tert-OH is 1. The van der Waals surface area contributed by atoms with Crippen LogP contribution in [0.5, 0.6) is 0 Å². The van der Waals surface area contributed by atoms with Gasteiger partial charge in [0.15, 0.2) is 23.1 Å². The summed E-state index contributed by atoms with van der Waals surface area (Å²) in [5, 5.41) is 30.2. The molecule has 2 aromatic heterocycles. The van der Waals surface area contributed by atoms with Gasteiger partial charge in [-0.25, -0.2) is 0 Å². The second-order valence-electron chi connectivity index (χ2n) is 10.7. The zero-order chi connectivity index (χ0) is 32.8. The minimum absolute atomic E-state index is 0.0308. The van der Waals surface area contributed by atoms with E-state index in [1.165, 1.54) is 4.90 Å². The number of rotatable bonds is 10. The summed E-state index contributed by atoms with van der Waals surface area (Å²) in [6.45, 7) is 0.222. The van der Waals surface area contributed by atoms with Crippen molar-refractivity contribution in [1.82, 2.24) is 30.8 Å². The number of H-pyrrole nitrogens is 1.